The van der Waals surface area contributed by atoms with Gasteiger partial charge in [-0.2, -0.15) is 0 Å². The summed E-state index contributed by atoms with van der Waals surface area (Å²) >= 11 is 0. The minimum Gasteiger partial charge on any atom is -0.413 e. The maximum atomic E-state index is 7.02. The second-order valence-corrected chi connectivity index (χ2v) is 27.4. The average Bonchev–Trinajstić information content (AvgIpc) is 3.36. The molecule has 3 rings (SSSR count). The van der Waals surface area contributed by atoms with Gasteiger partial charge >= 0.3 is 0 Å². The maximum absolute atomic E-state index is 7.02. The van der Waals surface area contributed by atoms with Crippen LogP contribution >= 0.6 is 0 Å². The van der Waals surface area contributed by atoms with Crippen molar-refractivity contribution >= 4 is 16.6 Å². The van der Waals surface area contributed by atoms with E-state index in [4.69, 9.17) is 13.6 Å². The third kappa shape index (κ3) is 9.34. The Labute approximate surface area is 294 Å². The lowest BCUT2D eigenvalue weighted by molar-refractivity contribution is 0.0355. The van der Waals surface area contributed by atoms with E-state index in [0.717, 1.165) is 24.3 Å². The second kappa shape index (κ2) is 16.1. The van der Waals surface area contributed by atoms with Crippen LogP contribution in [0.2, 0.25) is 36.3 Å². The molecule has 0 spiro atoms. The molecule has 3 fully saturated rings. The van der Waals surface area contributed by atoms with Crippen molar-refractivity contribution < 1.29 is 13.6 Å². The first kappa shape index (κ1) is 40.7. The Hall–Kier alpha value is -0.726. The molecule has 3 aliphatic rings. The Morgan fingerprint density at radius 3 is 2.17 bits per heavy atom. The highest BCUT2D eigenvalue weighted by atomic mass is 28.4. The van der Waals surface area contributed by atoms with Gasteiger partial charge in [0.1, 0.15) is 0 Å². The predicted molar refractivity (Wildman–Crippen MR) is 210 cm³/mol. The van der Waals surface area contributed by atoms with Crippen LogP contribution in [0.5, 0.6) is 0 Å². The normalized spacial score (nSPS) is 31.1. The lowest BCUT2D eigenvalue weighted by Gasteiger charge is -2.44. The highest BCUT2D eigenvalue weighted by Crippen LogP contribution is 2.59. The molecule has 0 radical (unpaired) electrons. The van der Waals surface area contributed by atoms with Crippen LogP contribution in [0.3, 0.4) is 0 Å². The second-order valence-electron chi connectivity index (χ2n) is 17.9. The van der Waals surface area contributed by atoms with Gasteiger partial charge < -0.3 is 13.6 Å². The van der Waals surface area contributed by atoms with Gasteiger partial charge in [-0.05, 0) is 130 Å². The maximum Gasteiger partial charge on any atom is 0.192 e. The van der Waals surface area contributed by atoms with Crippen LogP contribution in [-0.4, -0.2) is 41.1 Å². The van der Waals surface area contributed by atoms with Gasteiger partial charge in [0.05, 0.1) is 17.8 Å². The summed E-state index contributed by atoms with van der Waals surface area (Å²) < 4.78 is 20.2. The summed E-state index contributed by atoms with van der Waals surface area (Å²) in [5.74, 6) is 2.37. The van der Waals surface area contributed by atoms with Crippen LogP contribution < -0.4 is 0 Å². The van der Waals surface area contributed by atoms with Gasteiger partial charge in [0.2, 0.25) is 0 Å². The Morgan fingerprint density at radius 2 is 1.60 bits per heavy atom. The molecule has 47 heavy (non-hydrogen) atoms. The van der Waals surface area contributed by atoms with Crippen molar-refractivity contribution in [3.63, 3.8) is 0 Å². The van der Waals surface area contributed by atoms with Crippen molar-refractivity contribution in [3.8, 4) is 0 Å². The Kier molecular flexibility index (Phi) is 13.9. The van der Waals surface area contributed by atoms with Gasteiger partial charge in [0, 0.05) is 18.9 Å². The van der Waals surface area contributed by atoms with E-state index in [1.54, 1.807) is 5.57 Å². The molecule has 0 amide bonds. The summed E-state index contributed by atoms with van der Waals surface area (Å²) in [7, 11) is -3.54. The number of rotatable bonds is 14. The molecule has 0 aromatic heterocycles. The van der Waals surface area contributed by atoms with Crippen LogP contribution in [0.15, 0.2) is 47.6 Å². The first-order valence-corrected chi connectivity index (χ1v) is 25.0. The van der Waals surface area contributed by atoms with Crippen molar-refractivity contribution in [2.24, 2.45) is 29.1 Å². The minimum atomic E-state index is -1.88. The molecule has 0 aromatic carbocycles. The fourth-order valence-corrected chi connectivity index (χ4v) is 13.6. The molecule has 270 valence electrons. The number of allylic oxidation sites excluding steroid dienone is 4. The van der Waals surface area contributed by atoms with Crippen LogP contribution in [0.4, 0.5) is 0 Å². The summed E-state index contributed by atoms with van der Waals surface area (Å²) in [5.41, 5.74) is 4.41. The fourth-order valence-electron chi connectivity index (χ4n) is 8.95. The molecular formula is C42H76O3Si2. The van der Waals surface area contributed by atoms with E-state index in [2.05, 4.69) is 127 Å². The number of hydrogen-bond acceptors (Lipinski definition) is 3. The van der Waals surface area contributed by atoms with Crippen molar-refractivity contribution in [2.75, 3.05) is 6.61 Å². The minimum absolute atomic E-state index is 0.0516. The Bertz CT molecular complexity index is 1130. The monoisotopic (exact) mass is 685 g/mol. The highest BCUT2D eigenvalue weighted by Gasteiger charge is 2.50. The highest BCUT2D eigenvalue weighted by molar-refractivity contribution is 6.74. The molecule has 0 saturated heterocycles. The van der Waals surface area contributed by atoms with E-state index in [1.807, 2.05) is 0 Å². The third-order valence-corrected chi connectivity index (χ3v) is 23.1. The van der Waals surface area contributed by atoms with Crippen molar-refractivity contribution in [3.05, 3.63) is 47.6 Å². The molecule has 3 aliphatic carbocycles. The fraction of sp³-hybridized carbons (Fsp3) is 0.810. The van der Waals surface area contributed by atoms with Crippen LogP contribution in [0.1, 0.15) is 128 Å². The van der Waals surface area contributed by atoms with E-state index in [1.165, 1.54) is 55.8 Å². The number of fused-ring (bicyclic) bond motifs is 1. The molecule has 7 atom stereocenters. The quantitative estimate of drug-likeness (QED) is 0.135. The van der Waals surface area contributed by atoms with E-state index >= 15 is 0 Å². The summed E-state index contributed by atoms with van der Waals surface area (Å²) in [5, 5.41) is 0.195. The van der Waals surface area contributed by atoms with Gasteiger partial charge in [-0.3, -0.25) is 0 Å². The molecule has 0 aromatic rings. The van der Waals surface area contributed by atoms with Gasteiger partial charge in [0.25, 0.3) is 0 Å². The first-order valence-electron chi connectivity index (χ1n) is 19.6. The van der Waals surface area contributed by atoms with Gasteiger partial charge in [-0.15, -0.1) is 0 Å². The lowest BCUT2D eigenvalue weighted by atomic mass is 9.61. The smallest absolute Gasteiger partial charge is 0.192 e. The van der Waals surface area contributed by atoms with E-state index in [-0.39, 0.29) is 22.8 Å². The standard InChI is InChI=1S/C42H76O3Si2/c1-16-43-39-30-36(44-46(14,15)40(8,9)10)29-35(33(39)7)25-24-34-21-20-28-42(13)37(26-27-38(34)42)31(5)22-23-32(6)41(11,12)45-47(17-2,18-3)19-4/h22-25,31-32,36-39H,7,16-21,26-30H2,1-6,8-15H3/b23-22+,34-24+,35-25-/t31-,32?,36-,37?,38+,39+,42-/m1/s1. The Balaban J connectivity index is 1.78. The van der Waals surface area contributed by atoms with Crippen LogP contribution in [0, 0.1) is 29.1 Å². The van der Waals surface area contributed by atoms with Crippen molar-refractivity contribution in [1.82, 2.24) is 0 Å². The zero-order valence-corrected chi connectivity index (χ0v) is 35.5. The lowest BCUT2D eigenvalue weighted by Crippen LogP contribution is -2.47. The van der Waals surface area contributed by atoms with Gasteiger partial charge in [-0.1, -0.05) is 98.8 Å². The van der Waals surface area contributed by atoms with E-state index in [0.29, 0.717) is 29.8 Å². The summed E-state index contributed by atoms with van der Waals surface area (Å²) in [4.78, 5) is 0. The SMILES string of the molecule is C=C1/C(=C\C=C2/CCC[C@]3(C)C([C@H](C)/C=C/C(C)C(C)(C)O[Si](CC)(CC)CC)CC[C@@H]23)C[C@@H](O[Si](C)(C)C(C)(C)C)C[C@@H]1OCC. The predicted octanol–water partition coefficient (Wildman–Crippen LogP) is 12.8. The van der Waals surface area contributed by atoms with E-state index in [9.17, 15) is 0 Å². The molecule has 5 heteroatoms. The summed E-state index contributed by atoms with van der Waals surface area (Å²) in [6.45, 7) is 38.3. The van der Waals surface area contributed by atoms with Crippen LogP contribution in [-0.2, 0) is 13.6 Å². The molecule has 0 aliphatic heterocycles. The number of hydrogen-bond donors (Lipinski definition) is 0. The van der Waals surface area contributed by atoms with Gasteiger partial charge in [0.15, 0.2) is 16.6 Å². The molecule has 3 saturated carbocycles. The van der Waals surface area contributed by atoms with Crippen molar-refractivity contribution in [1.29, 1.82) is 0 Å². The molecule has 0 N–H and O–H groups in total. The summed E-state index contributed by atoms with van der Waals surface area (Å²) in [6.07, 6.45) is 18.6. The Morgan fingerprint density at radius 1 is 0.957 bits per heavy atom. The zero-order valence-electron chi connectivity index (χ0n) is 33.5. The summed E-state index contributed by atoms with van der Waals surface area (Å²) in [6, 6.07) is 3.62. The molecule has 2 unspecified atom stereocenters. The first-order chi connectivity index (χ1) is 21.8. The largest absolute Gasteiger partial charge is 0.413 e. The number of ether oxygens (including phenoxy) is 1. The topological polar surface area (TPSA) is 27.7 Å². The molecular weight excluding hydrogens is 609 g/mol. The van der Waals surface area contributed by atoms with Crippen molar-refractivity contribution in [2.45, 2.75) is 182 Å². The molecule has 0 heterocycles. The van der Waals surface area contributed by atoms with Gasteiger partial charge in [-0.25, -0.2) is 0 Å². The van der Waals surface area contributed by atoms with Crippen LogP contribution in [0.25, 0.3) is 0 Å². The van der Waals surface area contributed by atoms with E-state index < -0.39 is 16.6 Å². The average molecular weight is 685 g/mol. The molecule has 0 bridgehead atoms. The molecule has 3 nitrogen and oxygen atoms in total. The third-order valence-electron chi connectivity index (χ3n) is 13.7. The zero-order chi connectivity index (χ0) is 35.4.